The van der Waals surface area contributed by atoms with Gasteiger partial charge >= 0.3 is 0 Å². The van der Waals surface area contributed by atoms with Crippen molar-refractivity contribution in [2.45, 2.75) is 11.3 Å². The van der Waals surface area contributed by atoms with Crippen molar-refractivity contribution in [3.63, 3.8) is 0 Å². The zero-order valence-electron chi connectivity index (χ0n) is 19.0. The molecule has 1 N–H and O–H groups in total. The van der Waals surface area contributed by atoms with Crippen LogP contribution in [0.2, 0.25) is 0 Å². The van der Waals surface area contributed by atoms with Crippen molar-refractivity contribution in [3.05, 3.63) is 54.1 Å². The molecule has 2 aromatic carbocycles. The Hall–Kier alpha value is -2.97. The average Bonchev–Trinajstić information content (AvgIpc) is 3.10. The Morgan fingerprint density at radius 2 is 1.65 bits per heavy atom. The van der Waals surface area contributed by atoms with Crippen molar-refractivity contribution in [1.82, 2.24) is 9.21 Å². The summed E-state index contributed by atoms with van der Waals surface area (Å²) in [5.74, 6) is -0.129. The number of sulfonamides is 1. The summed E-state index contributed by atoms with van der Waals surface area (Å²) in [6, 6.07) is 16.0. The summed E-state index contributed by atoms with van der Waals surface area (Å²) in [6.07, 6.45) is 0.932. The lowest BCUT2D eigenvalue weighted by atomic mass is 10.2. The first-order valence-corrected chi connectivity index (χ1v) is 12.8. The van der Waals surface area contributed by atoms with Gasteiger partial charge in [-0.15, -0.1) is 0 Å². The Labute approximate surface area is 200 Å². The van der Waals surface area contributed by atoms with E-state index >= 15 is 0 Å². The van der Waals surface area contributed by atoms with Crippen LogP contribution in [0.5, 0.6) is 0 Å². The minimum atomic E-state index is -3.55. The molecule has 2 saturated heterocycles. The van der Waals surface area contributed by atoms with Crippen molar-refractivity contribution in [3.8, 4) is 6.07 Å². The molecule has 2 heterocycles. The van der Waals surface area contributed by atoms with Crippen LogP contribution in [0.1, 0.15) is 12.0 Å². The number of nitrogens with one attached hydrogen (secondary N) is 1. The maximum atomic E-state index is 12.7. The highest BCUT2D eigenvalue weighted by Gasteiger charge is 2.26. The Bertz CT molecular complexity index is 1120. The van der Waals surface area contributed by atoms with E-state index in [9.17, 15) is 13.2 Å². The van der Waals surface area contributed by atoms with Gasteiger partial charge in [0.25, 0.3) is 0 Å². The minimum absolute atomic E-state index is 0.129. The van der Waals surface area contributed by atoms with Crippen molar-refractivity contribution < 1.29 is 17.9 Å². The molecule has 9 nitrogen and oxygen atoms in total. The number of ether oxygens (including phenoxy) is 1. The van der Waals surface area contributed by atoms with Crippen molar-refractivity contribution >= 4 is 27.3 Å². The number of morpholine rings is 1. The number of hydrogen-bond acceptors (Lipinski definition) is 7. The van der Waals surface area contributed by atoms with Gasteiger partial charge in [0.2, 0.25) is 15.9 Å². The summed E-state index contributed by atoms with van der Waals surface area (Å²) in [6.45, 7) is 5.02. The minimum Gasteiger partial charge on any atom is -0.379 e. The smallest absolute Gasteiger partial charge is 0.243 e. The third kappa shape index (κ3) is 5.93. The molecule has 34 heavy (non-hydrogen) atoms. The number of nitrogens with zero attached hydrogens (tertiary/aromatic N) is 4. The second kappa shape index (κ2) is 11.0. The number of hydrogen-bond donors (Lipinski definition) is 1. The number of nitriles is 1. The number of anilines is 2. The molecular weight excluding hydrogens is 454 g/mol. The largest absolute Gasteiger partial charge is 0.379 e. The first-order valence-electron chi connectivity index (χ1n) is 11.4. The average molecular weight is 484 g/mol. The molecule has 0 bridgehead atoms. The van der Waals surface area contributed by atoms with Gasteiger partial charge in [-0.1, -0.05) is 0 Å². The summed E-state index contributed by atoms with van der Waals surface area (Å²) in [4.78, 5) is 17.2. The van der Waals surface area contributed by atoms with Gasteiger partial charge in [0.05, 0.1) is 36.3 Å². The predicted molar refractivity (Wildman–Crippen MR) is 129 cm³/mol. The zero-order chi connectivity index (χ0) is 24.0. The lowest BCUT2D eigenvalue weighted by Crippen LogP contribution is -2.40. The quantitative estimate of drug-likeness (QED) is 0.667. The first kappa shape index (κ1) is 24.2. The monoisotopic (exact) mass is 483 g/mol. The van der Waals surface area contributed by atoms with Crippen molar-refractivity contribution in [2.75, 3.05) is 69.2 Å². The van der Waals surface area contributed by atoms with E-state index < -0.39 is 10.0 Å². The van der Waals surface area contributed by atoms with E-state index in [0.717, 1.165) is 38.3 Å². The number of rotatable bonds is 6. The molecule has 4 rings (SSSR count). The zero-order valence-corrected chi connectivity index (χ0v) is 19.8. The maximum absolute atomic E-state index is 12.7. The van der Waals surface area contributed by atoms with E-state index in [-0.39, 0.29) is 17.3 Å². The van der Waals surface area contributed by atoms with Gasteiger partial charge in [-0.25, -0.2) is 8.42 Å². The fourth-order valence-corrected chi connectivity index (χ4v) is 5.59. The van der Waals surface area contributed by atoms with Gasteiger partial charge in [-0.2, -0.15) is 9.57 Å². The number of carbonyl (C=O) groups is 1. The van der Waals surface area contributed by atoms with Crippen molar-refractivity contribution in [1.29, 1.82) is 5.26 Å². The van der Waals surface area contributed by atoms with Crippen LogP contribution in [0.4, 0.5) is 11.4 Å². The molecule has 0 aliphatic carbocycles. The number of carbonyl (C=O) groups excluding carboxylic acids is 1. The summed E-state index contributed by atoms with van der Waals surface area (Å²) in [5.41, 5.74) is 2.29. The molecule has 0 spiro atoms. The molecule has 2 aromatic rings. The van der Waals surface area contributed by atoms with Crippen LogP contribution in [-0.4, -0.2) is 82.6 Å². The second-order valence-corrected chi connectivity index (χ2v) is 10.3. The summed E-state index contributed by atoms with van der Waals surface area (Å²) < 4.78 is 32.1. The van der Waals surface area contributed by atoms with E-state index in [1.807, 2.05) is 24.3 Å². The van der Waals surface area contributed by atoms with Gasteiger partial charge in [-0.05, 0) is 55.0 Å². The highest BCUT2D eigenvalue weighted by molar-refractivity contribution is 7.89. The predicted octanol–water partition coefficient (Wildman–Crippen LogP) is 1.73. The summed E-state index contributed by atoms with van der Waals surface area (Å²) >= 11 is 0. The lowest BCUT2D eigenvalue weighted by Gasteiger charge is -2.26. The van der Waals surface area contributed by atoms with Crippen LogP contribution >= 0.6 is 0 Å². The van der Waals surface area contributed by atoms with Gasteiger partial charge in [0, 0.05) is 50.6 Å². The molecule has 0 aromatic heterocycles. The molecule has 0 radical (unpaired) electrons. The molecular formula is C24H29N5O4S. The van der Waals surface area contributed by atoms with Crippen molar-refractivity contribution in [2.24, 2.45) is 0 Å². The number of benzene rings is 2. The van der Waals surface area contributed by atoms with Crippen LogP contribution in [0.25, 0.3) is 0 Å². The summed E-state index contributed by atoms with van der Waals surface area (Å²) in [7, 11) is -3.55. The molecule has 0 atom stereocenters. The van der Waals surface area contributed by atoms with E-state index in [1.54, 1.807) is 12.1 Å². The molecule has 1 amide bonds. The fourth-order valence-electron chi connectivity index (χ4n) is 4.18. The Morgan fingerprint density at radius 3 is 2.32 bits per heavy atom. The van der Waals surface area contributed by atoms with E-state index in [2.05, 4.69) is 21.2 Å². The normalized spacial score (nSPS) is 18.1. The highest BCUT2D eigenvalue weighted by atomic mass is 32.2. The molecule has 0 unspecified atom stereocenters. The van der Waals surface area contributed by atoms with Gasteiger partial charge in [-0.3, -0.25) is 9.69 Å². The van der Waals surface area contributed by atoms with Crippen LogP contribution in [0, 0.1) is 11.3 Å². The van der Waals surface area contributed by atoms with Crippen LogP contribution < -0.4 is 10.2 Å². The van der Waals surface area contributed by atoms with E-state index in [4.69, 9.17) is 10.00 Å². The molecule has 2 aliphatic heterocycles. The third-order valence-electron chi connectivity index (χ3n) is 6.06. The lowest BCUT2D eigenvalue weighted by molar-refractivity contribution is -0.117. The first-order chi connectivity index (χ1) is 16.5. The van der Waals surface area contributed by atoms with Crippen LogP contribution in [0.3, 0.4) is 0 Å². The van der Waals surface area contributed by atoms with E-state index in [0.29, 0.717) is 37.6 Å². The Balaban J connectivity index is 1.29. The van der Waals surface area contributed by atoms with Crippen LogP contribution in [-0.2, 0) is 19.6 Å². The molecule has 2 aliphatic rings. The molecule has 0 saturated carbocycles. The molecule has 2 fully saturated rings. The number of amides is 1. The fraction of sp³-hybridized carbons (Fsp3) is 0.417. The third-order valence-corrected chi connectivity index (χ3v) is 7.98. The molecule has 180 valence electrons. The van der Waals surface area contributed by atoms with Gasteiger partial charge in [0.15, 0.2) is 0 Å². The van der Waals surface area contributed by atoms with Gasteiger partial charge in [0.1, 0.15) is 0 Å². The Morgan fingerprint density at radius 1 is 0.941 bits per heavy atom. The SMILES string of the molecule is N#Cc1ccc(N2CCCN(CC(=O)Nc3ccc(S(=O)(=O)N4CCOCC4)cc3)CC2)cc1. The van der Waals surface area contributed by atoms with Crippen LogP contribution in [0.15, 0.2) is 53.4 Å². The summed E-state index contributed by atoms with van der Waals surface area (Å²) in [5, 5.41) is 11.8. The maximum Gasteiger partial charge on any atom is 0.243 e. The molecule has 10 heteroatoms. The second-order valence-electron chi connectivity index (χ2n) is 8.36. The topological polar surface area (TPSA) is 106 Å². The highest BCUT2D eigenvalue weighted by Crippen LogP contribution is 2.20. The van der Waals surface area contributed by atoms with Gasteiger partial charge < -0.3 is 15.0 Å². The van der Waals surface area contributed by atoms with E-state index in [1.165, 1.54) is 16.4 Å². The standard InChI is InChI=1S/C24H29N5O4S/c25-18-20-2-6-22(7-3-20)28-11-1-10-27(12-13-28)19-24(30)26-21-4-8-23(9-5-21)34(31,32)29-14-16-33-17-15-29/h2-9H,1,10-17,19H2,(H,26,30). The Kier molecular flexibility index (Phi) is 7.80.